The molecule has 0 aliphatic carbocycles. The first-order chi connectivity index (χ1) is 12.6. The zero-order valence-electron chi connectivity index (χ0n) is 15.0. The van der Waals surface area contributed by atoms with E-state index in [1.807, 2.05) is 12.1 Å². The van der Waals surface area contributed by atoms with Crippen molar-refractivity contribution in [2.45, 2.75) is 31.8 Å². The Kier molecular flexibility index (Phi) is 4.68. The molecule has 1 N–H and O–H groups in total. The lowest BCUT2D eigenvalue weighted by molar-refractivity contribution is 0.0989. The Balaban J connectivity index is 1.67. The molecule has 2 aliphatic rings. The quantitative estimate of drug-likeness (QED) is 0.917. The SMILES string of the molecule is C[C@@H]1COCCN1c1cc(N2CCCC2c2cccc(F)c2)[nH]c(=O)c1. The molecular weight excluding hydrogens is 333 g/mol. The Morgan fingerprint density at radius 1 is 1.19 bits per heavy atom. The van der Waals surface area contributed by atoms with Crippen LogP contribution < -0.4 is 15.4 Å². The molecule has 2 aromatic rings. The average Bonchev–Trinajstić information content (AvgIpc) is 3.11. The minimum Gasteiger partial charge on any atom is -0.377 e. The lowest BCUT2D eigenvalue weighted by Gasteiger charge is -2.36. The van der Waals surface area contributed by atoms with Crippen LogP contribution in [0.1, 0.15) is 31.4 Å². The van der Waals surface area contributed by atoms with E-state index in [4.69, 9.17) is 4.74 Å². The molecule has 2 aliphatic heterocycles. The van der Waals surface area contributed by atoms with Gasteiger partial charge in [-0.2, -0.15) is 0 Å². The number of hydrogen-bond donors (Lipinski definition) is 1. The van der Waals surface area contributed by atoms with Crippen molar-refractivity contribution in [1.29, 1.82) is 0 Å². The number of rotatable bonds is 3. The van der Waals surface area contributed by atoms with Crippen molar-refractivity contribution in [3.05, 3.63) is 58.1 Å². The highest BCUT2D eigenvalue weighted by Crippen LogP contribution is 2.36. The summed E-state index contributed by atoms with van der Waals surface area (Å²) in [4.78, 5) is 19.7. The van der Waals surface area contributed by atoms with Gasteiger partial charge in [-0.05, 0) is 37.5 Å². The molecule has 5 nitrogen and oxygen atoms in total. The van der Waals surface area contributed by atoms with Gasteiger partial charge in [0.25, 0.3) is 5.56 Å². The fourth-order valence-corrected chi connectivity index (χ4v) is 4.06. The second-order valence-corrected chi connectivity index (χ2v) is 7.11. The summed E-state index contributed by atoms with van der Waals surface area (Å²) >= 11 is 0. The number of halogens is 1. The average molecular weight is 357 g/mol. The van der Waals surface area contributed by atoms with Crippen LogP contribution in [0.2, 0.25) is 0 Å². The highest BCUT2D eigenvalue weighted by atomic mass is 19.1. The molecule has 6 heteroatoms. The summed E-state index contributed by atoms with van der Waals surface area (Å²) in [5.74, 6) is 0.580. The van der Waals surface area contributed by atoms with Gasteiger partial charge in [0.1, 0.15) is 11.6 Å². The number of aromatic nitrogens is 1. The highest BCUT2D eigenvalue weighted by molar-refractivity contribution is 5.57. The van der Waals surface area contributed by atoms with Gasteiger partial charge in [-0.25, -0.2) is 4.39 Å². The van der Waals surface area contributed by atoms with E-state index in [-0.39, 0.29) is 23.5 Å². The van der Waals surface area contributed by atoms with Crippen LogP contribution in [-0.4, -0.2) is 37.3 Å². The van der Waals surface area contributed by atoms with Gasteiger partial charge in [-0.15, -0.1) is 0 Å². The highest BCUT2D eigenvalue weighted by Gasteiger charge is 2.28. The minimum atomic E-state index is -0.223. The predicted octanol–water partition coefficient (Wildman–Crippen LogP) is 3.08. The Morgan fingerprint density at radius 2 is 2.08 bits per heavy atom. The van der Waals surface area contributed by atoms with Gasteiger partial charge in [0.2, 0.25) is 0 Å². The van der Waals surface area contributed by atoms with Crippen LogP contribution in [-0.2, 0) is 4.74 Å². The van der Waals surface area contributed by atoms with Crippen LogP contribution in [0.5, 0.6) is 0 Å². The molecule has 138 valence electrons. The molecule has 1 unspecified atom stereocenters. The van der Waals surface area contributed by atoms with E-state index in [0.717, 1.165) is 43.0 Å². The number of H-pyrrole nitrogens is 1. The maximum atomic E-state index is 13.7. The molecule has 3 heterocycles. The number of aromatic amines is 1. The summed E-state index contributed by atoms with van der Waals surface area (Å²) in [5, 5.41) is 0. The summed E-state index contributed by atoms with van der Waals surface area (Å²) in [5.41, 5.74) is 1.76. The van der Waals surface area contributed by atoms with Crippen LogP contribution in [0.3, 0.4) is 0 Å². The topological polar surface area (TPSA) is 48.6 Å². The second kappa shape index (κ2) is 7.11. The molecule has 0 saturated carbocycles. The van der Waals surface area contributed by atoms with Crippen LogP contribution >= 0.6 is 0 Å². The maximum absolute atomic E-state index is 13.7. The molecule has 0 amide bonds. The third-order valence-corrected chi connectivity index (χ3v) is 5.31. The van der Waals surface area contributed by atoms with E-state index in [0.29, 0.717) is 13.2 Å². The second-order valence-electron chi connectivity index (χ2n) is 7.11. The Labute approximate surface area is 152 Å². The molecule has 4 rings (SSSR count). The van der Waals surface area contributed by atoms with Gasteiger partial charge in [-0.1, -0.05) is 12.1 Å². The maximum Gasteiger partial charge on any atom is 0.251 e. The summed E-state index contributed by atoms with van der Waals surface area (Å²) in [6.07, 6.45) is 1.96. The summed E-state index contributed by atoms with van der Waals surface area (Å²) in [6, 6.07) is 10.8. The monoisotopic (exact) mass is 357 g/mol. The van der Waals surface area contributed by atoms with E-state index in [2.05, 4.69) is 21.7 Å². The summed E-state index contributed by atoms with van der Waals surface area (Å²) in [6.45, 7) is 5.06. The molecule has 0 spiro atoms. The number of hydrogen-bond acceptors (Lipinski definition) is 4. The predicted molar refractivity (Wildman–Crippen MR) is 100 cm³/mol. The van der Waals surface area contributed by atoms with Crippen molar-refractivity contribution in [2.75, 3.05) is 36.1 Å². The van der Waals surface area contributed by atoms with Crippen molar-refractivity contribution < 1.29 is 9.13 Å². The van der Waals surface area contributed by atoms with Gasteiger partial charge in [0.05, 0.1) is 19.3 Å². The Bertz CT molecular complexity index is 838. The first-order valence-corrected chi connectivity index (χ1v) is 9.23. The molecule has 2 atom stereocenters. The van der Waals surface area contributed by atoms with Gasteiger partial charge >= 0.3 is 0 Å². The van der Waals surface area contributed by atoms with Crippen LogP contribution in [0.4, 0.5) is 15.9 Å². The number of pyridine rings is 1. The summed E-state index contributed by atoms with van der Waals surface area (Å²) in [7, 11) is 0. The third-order valence-electron chi connectivity index (χ3n) is 5.31. The number of anilines is 2. The fraction of sp³-hybridized carbons (Fsp3) is 0.450. The largest absolute Gasteiger partial charge is 0.377 e. The molecule has 0 bridgehead atoms. The molecule has 1 aromatic carbocycles. The fourth-order valence-electron chi connectivity index (χ4n) is 4.06. The van der Waals surface area contributed by atoms with Crippen molar-refractivity contribution in [2.24, 2.45) is 0 Å². The smallest absolute Gasteiger partial charge is 0.251 e. The van der Waals surface area contributed by atoms with Gasteiger partial charge in [-0.3, -0.25) is 4.79 Å². The van der Waals surface area contributed by atoms with Crippen molar-refractivity contribution in [1.82, 2.24) is 4.98 Å². The zero-order valence-corrected chi connectivity index (χ0v) is 15.0. The zero-order chi connectivity index (χ0) is 18.1. The lowest BCUT2D eigenvalue weighted by atomic mass is 10.0. The van der Waals surface area contributed by atoms with E-state index in [1.54, 1.807) is 18.2 Å². The number of morpholine rings is 1. The number of benzene rings is 1. The van der Waals surface area contributed by atoms with Crippen molar-refractivity contribution >= 4 is 11.5 Å². The lowest BCUT2D eigenvalue weighted by Crippen LogP contribution is -2.44. The molecule has 0 radical (unpaired) electrons. The number of ether oxygens (including phenoxy) is 1. The minimum absolute atomic E-state index is 0.0821. The Hall–Kier alpha value is -2.34. The van der Waals surface area contributed by atoms with E-state index in [1.165, 1.54) is 6.07 Å². The normalized spacial score (nSPS) is 23.5. The Morgan fingerprint density at radius 3 is 2.88 bits per heavy atom. The van der Waals surface area contributed by atoms with E-state index in [9.17, 15) is 9.18 Å². The molecule has 1 aromatic heterocycles. The summed E-state index contributed by atoms with van der Waals surface area (Å²) < 4.78 is 19.2. The van der Waals surface area contributed by atoms with Crippen molar-refractivity contribution in [3.63, 3.8) is 0 Å². The van der Waals surface area contributed by atoms with Crippen LogP contribution in [0, 0.1) is 5.82 Å². The first-order valence-electron chi connectivity index (χ1n) is 9.23. The first kappa shape index (κ1) is 17.1. The van der Waals surface area contributed by atoms with Crippen molar-refractivity contribution in [3.8, 4) is 0 Å². The van der Waals surface area contributed by atoms with Gasteiger partial charge in [0.15, 0.2) is 0 Å². The van der Waals surface area contributed by atoms with Gasteiger partial charge < -0.3 is 19.5 Å². The molecule has 26 heavy (non-hydrogen) atoms. The standard InChI is InChI=1S/C20H24FN3O2/c1-14-13-26-9-8-23(14)17-11-19(22-20(25)12-17)24-7-3-6-18(24)15-4-2-5-16(21)10-15/h2,4-5,10-12,14,18H,3,6-9,13H2,1H3,(H,22,25)/t14-,18?/m1/s1. The third kappa shape index (κ3) is 3.33. The number of nitrogens with one attached hydrogen (secondary N) is 1. The van der Waals surface area contributed by atoms with E-state index >= 15 is 0 Å². The molecule has 2 fully saturated rings. The van der Waals surface area contributed by atoms with E-state index < -0.39 is 0 Å². The number of nitrogens with zero attached hydrogens (tertiary/aromatic N) is 2. The van der Waals surface area contributed by atoms with Crippen LogP contribution in [0.15, 0.2) is 41.2 Å². The molecule has 2 saturated heterocycles. The molecular formula is C20H24FN3O2. The van der Waals surface area contributed by atoms with Gasteiger partial charge in [0, 0.05) is 37.0 Å². The van der Waals surface area contributed by atoms with Crippen LogP contribution in [0.25, 0.3) is 0 Å².